The Kier molecular flexibility index (Phi) is 6.05. The summed E-state index contributed by atoms with van der Waals surface area (Å²) < 4.78 is 10.8. The molecule has 2 rings (SSSR count). The van der Waals surface area contributed by atoms with Crippen molar-refractivity contribution in [2.45, 2.75) is 6.92 Å². The molecule has 1 N–H and O–H groups in total. The Hall–Kier alpha value is -3.42. The lowest BCUT2D eigenvalue weighted by atomic mass is 10.2. The molecule has 0 heterocycles. The summed E-state index contributed by atoms with van der Waals surface area (Å²) in [5.74, 6) is 0.194. The highest BCUT2D eigenvalue weighted by Gasteiger charge is 2.11. The van der Waals surface area contributed by atoms with Crippen LogP contribution >= 0.6 is 0 Å². The molecule has 0 spiro atoms. The molecule has 2 aromatic carbocycles. The van der Waals surface area contributed by atoms with Gasteiger partial charge in [0.25, 0.3) is 11.6 Å². The average Bonchev–Trinajstić information content (AvgIpc) is 2.61. The van der Waals surface area contributed by atoms with E-state index in [1.54, 1.807) is 13.0 Å². The highest BCUT2D eigenvalue weighted by molar-refractivity contribution is 5.92. The van der Waals surface area contributed by atoms with Gasteiger partial charge in [0, 0.05) is 23.4 Å². The number of hydrogen-bond acceptors (Lipinski definition) is 6. The molecule has 1 amide bonds. The van der Waals surface area contributed by atoms with Crippen molar-refractivity contribution in [1.29, 1.82) is 0 Å². The minimum atomic E-state index is -0.547. The Morgan fingerprint density at radius 3 is 2.68 bits per heavy atom. The molecule has 2 aromatic rings. The molecular formula is C17H16N2O6. The van der Waals surface area contributed by atoms with E-state index in [1.165, 1.54) is 36.4 Å². The van der Waals surface area contributed by atoms with Crippen molar-refractivity contribution in [3.05, 3.63) is 58.1 Å². The van der Waals surface area contributed by atoms with Gasteiger partial charge >= 0.3 is 0 Å². The number of amides is 1. The predicted molar refractivity (Wildman–Crippen MR) is 90.2 cm³/mol. The molecule has 0 aliphatic rings. The third-order valence-corrected chi connectivity index (χ3v) is 3.10. The van der Waals surface area contributed by atoms with Crippen LogP contribution in [0.25, 0.3) is 0 Å². The van der Waals surface area contributed by atoms with Gasteiger partial charge < -0.3 is 14.8 Å². The molecule has 8 nitrogen and oxygen atoms in total. The fourth-order valence-corrected chi connectivity index (χ4v) is 2.02. The van der Waals surface area contributed by atoms with E-state index < -0.39 is 10.8 Å². The van der Waals surface area contributed by atoms with E-state index in [0.717, 1.165) is 0 Å². The standard InChI is InChI=1S/C17H16N2O6/c1-2-24-16-8-12(10-20)6-7-15(16)25-11-17(21)18-13-4-3-5-14(9-13)19(22)23/h3-10H,2,11H2,1H3,(H,18,21). The van der Waals surface area contributed by atoms with Gasteiger partial charge in [0.05, 0.1) is 11.5 Å². The average molecular weight is 344 g/mol. The molecule has 0 saturated carbocycles. The second-order valence-electron chi connectivity index (χ2n) is 4.90. The van der Waals surface area contributed by atoms with Crippen molar-refractivity contribution in [3.63, 3.8) is 0 Å². The Morgan fingerprint density at radius 2 is 2.00 bits per heavy atom. The van der Waals surface area contributed by atoms with Gasteiger partial charge in [0.15, 0.2) is 18.1 Å². The number of nitro benzene ring substituents is 1. The molecular weight excluding hydrogens is 328 g/mol. The molecule has 0 unspecified atom stereocenters. The Morgan fingerprint density at radius 1 is 1.20 bits per heavy atom. The topological polar surface area (TPSA) is 108 Å². The molecule has 8 heteroatoms. The zero-order valence-corrected chi connectivity index (χ0v) is 13.4. The number of aldehydes is 1. The number of nitrogens with one attached hydrogen (secondary N) is 1. The van der Waals surface area contributed by atoms with Crippen molar-refractivity contribution in [2.24, 2.45) is 0 Å². The molecule has 0 aliphatic heterocycles. The number of benzene rings is 2. The number of nitrogens with zero attached hydrogens (tertiary/aromatic N) is 1. The second-order valence-corrected chi connectivity index (χ2v) is 4.90. The largest absolute Gasteiger partial charge is 0.490 e. The van der Waals surface area contributed by atoms with Crippen LogP contribution in [-0.4, -0.2) is 30.3 Å². The van der Waals surface area contributed by atoms with Gasteiger partial charge in [-0.05, 0) is 31.2 Å². The lowest BCUT2D eigenvalue weighted by Crippen LogP contribution is -2.20. The van der Waals surface area contributed by atoms with Crippen molar-refractivity contribution < 1.29 is 24.0 Å². The highest BCUT2D eigenvalue weighted by atomic mass is 16.6. The number of ether oxygens (including phenoxy) is 2. The Bertz CT molecular complexity index is 790. The van der Waals surface area contributed by atoms with Crippen LogP contribution in [0.15, 0.2) is 42.5 Å². The first-order valence-electron chi connectivity index (χ1n) is 7.42. The third kappa shape index (κ3) is 5.03. The number of non-ortho nitro benzene ring substituents is 1. The summed E-state index contributed by atoms with van der Waals surface area (Å²) in [7, 11) is 0. The summed E-state index contributed by atoms with van der Waals surface area (Å²) in [6, 6.07) is 10.2. The zero-order chi connectivity index (χ0) is 18.2. The van der Waals surface area contributed by atoms with Gasteiger partial charge in [0.2, 0.25) is 0 Å². The number of carbonyl (C=O) groups excluding carboxylic acids is 2. The van der Waals surface area contributed by atoms with E-state index in [4.69, 9.17) is 9.47 Å². The summed E-state index contributed by atoms with van der Waals surface area (Å²) in [6.45, 7) is 1.84. The van der Waals surface area contributed by atoms with Crippen LogP contribution in [0.1, 0.15) is 17.3 Å². The smallest absolute Gasteiger partial charge is 0.271 e. The van der Waals surface area contributed by atoms with Crippen molar-refractivity contribution >= 4 is 23.6 Å². The molecule has 0 bridgehead atoms. The van der Waals surface area contributed by atoms with E-state index in [-0.39, 0.29) is 12.3 Å². The minimum absolute atomic E-state index is 0.123. The molecule has 0 radical (unpaired) electrons. The van der Waals surface area contributed by atoms with Gasteiger partial charge in [-0.2, -0.15) is 0 Å². The predicted octanol–water partition coefficient (Wildman–Crippen LogP) is 2.82. The molecule has 130 valence electrons. The quantitative estimate of drug-likeness (QED) is 0.448. The van der Waals surface area contributed by atoms with Crippen LogP contribution in [-0.2, 0) is 4.79 Å². The summed E-state index contributed by atoms with van der Waals surface area (Å²) in [5.41, 5.74) is 0.600. The second kappa shape index (κ2) is 8.44. The molecule has 0 atom stereocenters. The number of anilines is 1. The highest BCUT2D eigenvalue weighted by Crippen LogP contribution is 2.28. The van der Waals surface area contributed by atoms with Gasteiger partial charge in [-0.3, -0.25) is 19.7 Å². The minimum Gasteiger partial charge on any atom is -0.490 e. The van der Waals surface area contributed by atoms with Crippen LogP contribution < -0.4 is 14.8 Å². The molecule has 0 aromatic heterocycles. The lowest BCUT2D eigenvalue weighted by molar-refractivity contribution is -0.384. The fourth-order valence-electron chi connectivity index (χ4n) is 2.02. The zero-order valence-electron chi connectivity index (χ0n) is 13.4. The molecule has 0 aliphatic carbocycles. The molecule has 0 fully saturated rings. The van der Waals surface area contributed by atoms with Crippen molar-refractivity contribution in [2.75, 3.05) is 18.5 Å². The lowest BCUT2D eigenvalue weighted by Gasteiger charge is -2.12. The van der Waals surface area contributed by atoms with Gasteiger partial charge in [-0.15, -0.1) is 0 Å². The van der Waals surface area contributed by atoms with Crippen molar-refractivity contribution in [1.82, 2.24) is 0 Å². The Labute approximate surface area is 143 Å². The van der Waals surface area contributed by atoms with Crippen LogP contribution in [0.3, 0.4) is 0 Å². The van der Waals surface area contributed by atoms with E-state index in [2.05, 4.69) is 5.32 Å². The van der Waals surface area contributed by atoms with Gasteiger partial charge in [-0.25, -0.2) is 0 Å². The van der Waals surface area contributed by atoms with E-state index in [0.29, 0.717) is 35.6 Å². The maximum Gasteiger partial charge on any atom is 0.271 e. The monoisotopic (exact) mass is 344 g/mol. The van der Waals surface area contributed by atoms with E-state index in [1.807, 2.05) is 0 Å². The van der Waals surface area contributed by atoms with E-state index in [9.17, 15) is 19.7 Å². The van der Waals surface area contributed by atoms with Crippen LogP contribution in [0.2, 0.25) is 0 Å². The number of hydrogen-bond donors (Lipinski definition) is 1. The van der Waals surface area contributed by atoms with Gasteiger partial charge in [0.1, 0.15) is 6.29 Å². The first kappa shape index (κ1) is 17.9. The summed E-state index contributed by atoms with van der Waals surface area (Å²) >= 11 is 0. The summed E-state index contributed by atoms with van der Waals surface area (Å²) in [5, 5.41) is 13.2. The summed E-state index contributed by atoms with van der Waals surface area (Å²) in [4.78, 5) is 33.0. The fraction of sp³-hybridized carbons (Fsp3) is 0.176. The SMILES string of the molecule is CCOc1cc(C=O)ccc1OCC(=O)Nc1cccc([N+](=O)[O-])c1. The first-order chi connectivity index (χ1) is 12.0. The van der Waals surface area contributed by atoms with Crippen molar-refractivity contribution in [3.8, 4) is 11.5 Å². The summed E-state index contributed by atoms with van der Waals surface area (Å²) in [6.07, 6.45) is 0.682. The van der Waals surface area contributed by atoms with Gasteiger partial charge in [-0.1, -0.05) is 6.07 Å². The first-order valence-corrected chi connectivity index (χ1v) is 7.42. The molecule has 0 saturated heterocycles. The van der Waals surface area contributed by atoms with Crippen LogP contribution in [0.5, 0.6) is 11.5 Å². The maximum atomic E-state index is 12.0. The van der Waals surface area contributed by atoms with E-state index >= 15 is 0 Å². The normalized spacial score (nSPS) is 9.96. The molecule has 25 heavy (non-hydrogen) atoms. The number of nitro groups is 1. The maximum absolute atomic E-state index is 12.0. The Balaban J connectivity index is 2.01. The van der Waals surface area contributed by atoms with Crippen LogP contribution in [0.4, 0.5) is 11.4 Å². The number of carbonyl (C=O) groups is 2. The number of rotatable bonds is 8. The van der Waals surface area contributed by atoms with Crippen LogP contribution in [0, 0.1) is 10.1 Å². The third-order valence-electron chi connectivity index (χ3n) is 3.10.